The average Bonchev–Trinajstić information content (AvgIpc) is 2.24. The molecule has 0 unspecified atom stereocenters. The van der Waals surface area contributed by atoms with Crippen molar-refractivity contribution in [2.45, 2.75) is 24.9 Å². The maximum absolute atomic E-state index is 13.0. The molecule has 0 aromatic heterocycles. The van der Waals surface area contributed by atoms with Crippen LogP contribution in [0.3, 0.4) is 0 Å². The molecule has 0 amide bonds. The minimum absolute atomic E-state index is 0.402. The van der Waals surface area contributed by atoms with Crippen LogP contribution in [0, 0.1) is 0 Å². The number of hydrogen-bond donors (Lipinski definition) is 0. The summed E-state index contributed by atoms with van der Waals surface area (Å²) < 4.78 is 82.4. The van der Waals surface area contributed by atoms with Crippen LogP contribution in [-0.2, 0) is 10.3 Å². The van der Waals surface area contributed by atoms with Crippen LogP contribution in [0.1, 0.15) is 12.5 Å². The Morgan fingerprint density at radius 3 is 2.05 bits per heavy atom. The van der Waals surface area contributed by atoms with Gasteiger partial charge in [0, 0.05) is 12.5 Å². The van der Waals surface area contributed by atoms with E-state index in [-0.39, 0.29) is 0 Å². The molecule has 0 saturated carbocycles. The molecule has 0 bridgehead atoms. The summed E-state index contributed by atoms with van der Waals surface area (Å²) in [5, 5.41) is 0. The largest absolute Gasteiger partial charge is 0.451 e. The molecule has 1 aliphatic rings. The number of alkyl halides is 6. The van der Waals surface area contributed by atoms with Gasteiger partial charge in [-0.3, -0.25) is 0 Å². The molecular formula is C11H7F6NO. The summed E-state index contributed by atoms with van der Waals surface area (Å²) in [5.41, 5.74) is -5.83. The third kappa shape index (κ3) is 1.85. The molecular weight excluding hydrogens is 276 g/mol. The van der Waals surface area contributed by atoms with Gasteiger partial charge in [-0.25, -0.2) is 4.99 Å². The maximum atomic E-state index is 13.0. The molecule has 0 radical (unpaired) electrons. The summed E-state index contributed by atoms with van der Waals surface area (Å²) in [6.07, 6.45) is -11.3. The molecule has 0 atom stereocenters. The Kier molecular flexibility index (Phi) is 2.80. The highest BCUT2D eigenvalue weighted by molar-refractivity contribution is 5.80. The summed E-state index contributed by atoms with van der Waals surface area (Å²) in [5.74, 6) is -0.687. The second-order valence-electron chi connectivity index (χ2n) is 3.93. The van der Waals surface area contributed by atoms with Gasteiger partial charge in [-0.15, -0.1) is 0 Å². The Balaban J connectivity index is 2.81. The molecule has 104 valence electrons. The lowest BCUT2D eigenvalue weighted by atomic mass is 9.89. The zero-order chi connectivity index (χ0) is 14.5. The predicted molar refractivity (Wildman–Crippen MR) is 54.1 cm³/mol. The minimum Gasteiger partial charge on any atom is -0.451 e. The molecule has 19 heavy (non-hydrogen) atoms. The van der Waals surface area contributed by atoms with Gasteiger partial charge in [0.05, 0.1) is 5.69 Å². The first kappa shape index (κ1) is 13.7. The van der Waals surface area contributed by atoms with E-state index in [1.807, 2.05) is 0 Å². The number of halogens is 6. The molecule has 1 aromatic rings. The van der Waals surface area contributed by atoms with Crippen molar-refractivity contribution in [1.29, 1.82) is 0 Å². The smallest absolute Gasteiger partial charge is 0.442 e. The number of para-hydroxylation sites is 1. The fourth-order valence-electron chi connectivity index (χ4n) is 1.92. The first-order chi connectivity index (χ1) is 8.59. The number of benzene rings is 1. The van der Waals surface area contributed by atoms with Crippen molar-refractivity contribution in [3.05, 3.63) is 29.8 Å². The SMILES string of the molecule is CC1=Nc2ccccc2C(C(F)(F)F)(C(F)(F)F)O1. The molecule has 2 rings (SSSR count). The van der Waals surface area contributed by atoms with Crippen LogP contribution >= 0.6 is 0 Å². The average molecular weight is 283 g/mol. The maximum Gasteiger partial charge on any atom is 0.442 e. The van der Waals surface area contributed by atoms with Gasteiger partial charge in [-0.1, -0.05) is 18.2 Å². The zero-order valence-corrected chi connectivity index (χ0v) is 9.43. The van der Waals surface area contributed by atoms with E-state index >= 15 is 0 Å². The summed E-state index contributed by atoms with van der Waals surface area (Å²) in [4.78, 5) is 3.56. The highest BCUT2D eigenvalue weighted by Gasteiger charge is 2.76. The summed E-state index contributed by atoms with van der Waals surface area (Å²) >= 11 is 0. The second kappa shape index (κ2) is 3.88. The van der Waals surface area contributed by atoms with E-state index in [2.05, 4.69) is 9.73 Å². The lowest BCUT2D eigenvalue weighted by Gasteiger charge is -2.39. The van der Waals surface area contributed by atoms with Crippen molar-refractivity contribution in [2.75, 3.05) is 0 Å². The van der Waals surface area contributed by atoms with Crippen LogP contribution in [0.15, 0.2) is 29.3 Å². The van der Waals surface area contributed by atoms with Crippen LogP contribution in [0.4, 0.5) is 32.0 Å². The predicted octanol–water partition coefficient (Wildman–Crippen LogP) is 4.09. The normalized spacial score (nSPS) is 18.4. The zero-order valence-electron chi connectivity index (χ0n) is 9.43. The topological polar surface area (TPSA) is 21.6 Å². The number of aliphatic imine (C=N–C) groups is 1. The van der Waals surface area contributed by atoms with Crippen molar-refractivity contribution in [2.24, 2.45) is 4.99 Å². The van der Waals surface area contributed by atoms with Gasteiger partial charge in [0.15, 0.2) is 5.90 Å². The van der Waals surface area contributed by atoms with Crippen molar-refractivity contribution in [1.82, 2.24) is 0 Å². The van der Waals surface area contributed by atoms with Crippen LogP contribution in [0.25, 0.3) is 0 Å². The van der Waals surface area contributed by atoms with Crippen LogP contribution in [-0.4, -0.2) is 18.3 Å². The van der Waals surface area contributed by atoms with Crippen molar-refractivity contribution >= 4 is 11.6 Å². The molecule has 0 spiro atoms. The van der Waals surface area contributed by atoms with Gasteiger partial charge in [-0.05, 0) is 6.07 Å². The van der Waals surface area contributed by atoms with Crippen LogP contribution in [0.5, 0.6) is 0 Å². The highest BCUT2D eigenvalue weighted by atomic mass is 19.4. The number of rotatable bonds is 0. The van der Waals surface area contributed by atoms with Gasteiger partial charge >= 0.3 is 18.0 Å². The van der Waals surface area contributed by atoms with E-state index in [1.54, 1.807) is 0 Å². The van der Waals surface area contributed by atoms with Crippen molar-refractivity contribution in [3.8, 4) is 0 Å². The van der Waals surface area contributed by atoms with Gasteiger partial charge < -0.3 is 4.74 Å². The van der Waals surface area contributed by atoms with E-state index in [0.29, 0.717) is 6.07 Å². The van der Waals surface area contributed by atoms with Crippen molar-refractivity contribution < 1.29 is 31.1 Å². The molecule has 1 aromatic carbocycles. The Morgan fingerprint density at radius 2 is 1.53 bits per heavy atom. The lowest BCUT2D eigenvalue weighted by molar-refractivity contribution is -0.370. The minimum atomic E-state index is -5.65. The molecule has 0 saturated heterocycles. The van der Waals surface area contributed by atoms with Gasteiger partial charge in [0.2, 0.25) is 0 Å². The van der Waals surface area contributed by atoms with Gasteiger partial charge in [0.25, 0.3) is 0 Å². The van der Waals surface area contributed by atoms with E-state index in [1.165, 1.54) is 6.07 Å². The third-order valence-electron chi connectivity index (χ3n) is 2.66. The Labute approximate surface area is 103 Å². The molecule has 8 heteroatoms. The quantitative estimate of drug-likeness (QED) is 0.657. The fraction of sp³-hybridized carbons (Fsp3) is 0.364. The Bertz CT molecular complexity index is 517. The Morgan fingerprint density at radius 1 is 1.00 bits per heavy atom. The van der Waals surface area contributed by atoms with E-state index < -0.39 is 35.1 Å². The van der Waals surface area contributed by atoms with Gasteiger partial charge in [0.1, 0.15) is 0 Å². The van der Waals surface area contributed by atoms with Gasteiger partial charge in [-0.2, -0.15) is 26.3 Å². The summed E-state index contributed by atoms with van der Waals surface area (Å²) in [7, 11) is 0. The fourth-order valence-corrected chi connectivity index (χ4v) is 1.92. The molecule has 1 heterocycles. The van der Waals surface area contributed by atoms with Crippen LogP contribution < -0.4 is 0 Å². The third-order valence-corrected chi connectivity index (χ3v) is 2.66. The monoisotopic (exact) mass is 283 g/mol. The van der Waals surface area contributed by atoms with Crippen LogP contribution in [0.2, 0.25) is 0 Å². The van der Waals surface area contributed by atoms with Crippen molar-refractivity contribution in [3.63, 3.8) is 0 Å². The highest BCUT2D eigenvalue weighted by Crippen LogP contribution is 2.56. The molecule has 2 nitrogen and oxygen atoms in total. The number of fused-ring (bicyclic) bond motifs is 1. The first-order valence-electron chi connectivity index (χ1n) is 5.07. The number of ether oxygens (including phenoxy) is 1. The molecule has 0 N–H and O–H groups in total. The second-order valence-corrected chi connectivity index (χ2v) is 3.93. The summed E-state index contributed by atoms with van der Waals surface area (Å²) in [6, 6.07) is 4.17. The van der Waals surface area contributed by atoms with E-state index in [0.717, 1.165) is 19.1 Å². The molecule has 1 aliphatic heterocycles. The molecule has 0 fully saturated rings. The molecule has 0 aliphatic carbocycles. The first-order valence-corrected chi connectivity index (χ1v) is 5.07. The van der Waals surface area contributed by atoms with E-state index in [9.17, 15) is 26.3 Å². The number of hydrogen-bond acceptors (Lipinski definition) is 2. The lowest BCUT2D eigenvalue weighted by Crippen LogP contribution is -2.57. The number of nitrogens with zero attached hydrogens (tertiary/aromatic N) is 1. The Hall–Kier alpha value is -1.73. The van der Waals surface area contributed by atoms with E-state index in [4.69, 9.17) is 0 Å². The summed E-state index contributed by atoms with van der Waals surface area (Å²) in [6.45, 7) is 0.947. The standard InChI is InChI=1S/C11H7F6NO/c1-6-18-8-5-3-2-4-7(8)9(19-6,10(12,13)14)11(15,16)17/h2-5H,1H3.